The van der Waals surface area contributed by atoms with Gasteiger partial charge < -0.3 is 25.0 Å². The molecule has 11 heteroatoms. The molecular formula is C27H33N5O5S. The number of benzene rings is 1. The van der Waals surface area contributed by atoms with E-state index in [-0.39, 0.29) is 24.1 Å². The summed E-state index contributed by atoms with van der Waals surface area (Å²) >= 11 is 1.36. The highest BCUT2D eigenvalue weighted by molar-refractivity contribution is 8.01. The fraction of sp³-hybridized carbons (Fsp3) is 0.481. The van der Waals surface area contributed by atoms with Crippen molar-refractivity contribution in [1.82, 2.24) is 20.5 Å². The minimum Gasteiger partial charge on any atom is -0.497 e. The predicted molar refractivity (Wildman–Crippen MR) is 143 cm³/mol. The number of urea groups is 1. The molecule has 10 nitrogen and oxygen atoms in total. The smallest absolute Gasteiger partial charge is 0.410 e. The van der Waals surface area contributed by atoms with Crippen LogP contribution in [0.1, 0.15) is 50.8 Å². The number of rotatable bonds is 5. The Bertz CT molecular complexity index is 1230. The monoisotopic (exact) mass is 539 g/mol. The summed E-state index contributed by atoms with van der Waals surface area (Å²) in [5, 5.41) is 6.35. The number of anilines is 1. The summed E-state index contributed by atoms with van der Waals surface area (Å²) < 4.78 is 10.7. The van der Waals surface area contributed by atoms with Gasteiger partial charge in [0.05, 0.1) is 25.4 Å². The minimum absolute atomic E-state index is 0.177. The van der Waals surface area contributed by atoms with Crippen molar-refractivity contribution in [2.24, 2.45) is 0 Å². The second-order valence-electron chi connectivity index (χ2n) is 10.7. The summed E-state index contributed by atoms with van der Waals surface area (Å²) in [6, 6.07) is 8.48. The van der Waals surface area contributed by atoms with Crippen LogP contribution in [0.2, 0.25) is 0 Å². The lowest BCUT2D eigenvalue weighted by molar-refractivity contribution is -0.122. The van der Waals surface area contributed by atoms with E-state index < -0.39 is 16.9 Å². The van der Waals surface area contributed by atoms with Crippen molar-refractivity contribution in [1.29, 1.82) is 0 Å². The number of hydrogen-bond acceptors (Lipinski definition) is 7. The van der Waals surface area contributed by atoms with Crippen LogP contribution >= 0.6 is 11.8 Å². The van der Waals surface area contributed by atoms with Crippen LogP contribution in [0, 0.1) is 0 Å². The zero-order valence-corrected chi connectivity index (χ0v) is 22.8. The average Bonchev–Trinajstić information content (AvgIpc) is 3.25. The first kappa shape index (κ1) is 26.1. The Morgan fingerprint density at radius 1 is 1.21 bits per heavy atom. The molecule has 202 valence electrons. The third-order valence-corrected chi connectivity index (χ3v) is 8.06. The van der Waals surface area contributed by atoms with Crippen LogP contribution < -0.4 is 20.3 Å². The first-order valence-corrected chi connectivity index (χ1v) is 13.7. The molecule has 4 amide bonds. The lowest BCUT2D eigenvalue weighted by Gasteiger charge is -2.36. The maximum absolute atomic E-state index is 13.5. The van der Waals surface area contributed by atoms with Crippen molar-refractivity contribution in [2.45, 2.75) is 68.1 Å². The van der Waals surface area contributed by atoms with Crippen LogP contribution in [0.5, 0.6) is 5.75 Å². The maximum Gasteiger partial charge on any atom is 0.410 e. The SMILES string of the molecule is COc1ccc(CN2C(=O)NC3c4c2ccnc4SC3C(=O)N[C@@H]2CCCN(C(=O)OC(C)(C)C)C2)cc1. The van der Waals surface area contributed by atoms with Gasteiger partial charge in [-0.05, 0) is 57.4 Å². The number of thioether (sulfide) groups is 1. The molecule has 38 heavy (non-hydrogen) atoms. The predicted octanol–water partition coefficient (Wildman–Crippen LogP) is 3.85. The summed E-state index contributed by atoms with van der Waals surface area (Å²) in [4.78, 5) is 47.1. The molecule has 5 rings (SSSR count). The first-order chi connectivity index (χ1) is 18.1. The number of nitrogens with zero attached hydrogens (tertiary/aromatic N) is 3. The van der Waals surface area contributed by atoms with Crippen LogP contribution in [0.4, 0.5) is 15.3 Å². The number of methoxy groups -OCH3 is 1. The molecule has 3 aliphatic rings. The molecule has 0 spiro atoms. The molecule has 1 aromatic carbocycles. The van der Waals surface area contributed by atoms with Crippen molar-refractivity contribution in [3.05, 3.63) is 47.7 Å². The van der Waals surface area contributed by atoms with Crippen LogP contribution in [0.25, 0.3) is 0 Å². The Morgan fingerprint density at radius 2 is 1.97 bits per heavy atom. The standard InChI is InChI=1S/C27H33N5O5S/c1-27(2,3)37-26(35)31-13-5-6-17(15-31)29-23(33)22-21-20-19(11-12-28-24(20)38-22)32(25(34)30-21)14-16-7-9-18(36-4)10-8-16/h7-12,17,21-22H,5-6,13-15H2,1-4H3,(H,29,33)(H,30,34)/t17-,21?,22?/m1/s1. The molecule has 0 saturated carbocycles. The number of pyridine rings is 1. The molecule has 3 aliphatic heterocycles. The van der Waals surface area contributed by atoms with Gasteiger partial charge in [-0.15, -0.1) is 0 Å². The number of nitrogens with one attached hydrogen (secondary N) is 2. The van der Waals surface area contributed by atoms with E-state index in [2.05, 4.69) is 15.6 Å². The van der Waals surface area contributed by atoms with Gasteiger partial charge in [0.15, 0.2) is 0 Å². The van der Waals surface area contributed by atoms with Gasteiger partial charge in [-0.3, -0.25) is 9.69 Å². The van der Waals surface area contributed by atoms with Crippen LogP contribution in [-0.2, 0) is 16.1 Å². The van der Waals surface area contributed by atoms with E-state index in [1.807, 2.05) is 51.1 Å². The fourth-order valence-corrected chi connectivity index (χ4v) is 6.26. The average molecular weight is 540 g/mol. The van der Waals surface area contributed by atoms with Crippen molar-refractivity contribution < 1.29 is 23.9 Å². The second kappa shape index (κ2) is 10.4. The largest absolute Gasteiger partial charge is 0.497 e. The number of piperidine rings is 1. The lowest BCUT2D eigenvalue weighted by Crippen LogP contribution is -2.54. The number of carbonyl (C=O) groups is 3. The van der Waals surface area contributed by atoms with E-state index in [1.165, 1.54) is 11.8 Å². The summed E-state index contributed by atoms with van der Waals surface area (Å²) in [5.41, 5.74) is 2.00. The van der Waals surface area contributed by atoms with Crippen LogP contribution in [0.15, 0.2) is 41.6 Å². The van der Waals surface area contributed by atoms with E-state index in [9.17, 15) is 14.4 Å². The van der Waals surface area contributed by atoms with Crippen molar-refractivity contribution in [2.75, 3.05) is 25.1 Å². The highest BCUT2D eigenvalue weighted by Crippen LogP contribution is 2.49. The molecular weight excluding hydrogens is 506 g/mol. The van der Waals surface area contributed by atoms with Crippen molar-refractivity contribution >= 4 is 35.5 Å². The number of carbonyl (C=O) groups excluding carboxylic acids is 3. The Hall–Kier alpha value is -3.47. The van der Waals surface area contributed by atoms with Crippen LogP contribution in [-0.4, -0.2) is 65.0 Å². The van der Waals surface area contributed by atoms with Gasteiger partial charge in [0.1, 0.15) is 21.6 Å². The van der Waals surface area contributed by atoms with E-state index >= 15 is 0 Å². The first-order valence-electron chi connectivity index (χ1n) is 12.8. The highest BCUT2D eigenvalue weighted by atomic mass is 32.2. The minimum atomic E-state index is -0.579. The summed E-state index contributed by atoms with van der Waals surface area (Å²) in [7, 11) is 1.61. The fourth-order valence-electron chi connectivity index (χ4n) is 5.02. The second-order valence-corrected chi connectivity index (χ2v) is 11.9. The molecule has 0 radical (unpaired) electrons. The summed E-state index contributed by atoms with van der Waals surface area (Å²) in [6.07, 6.45) is 2.85. The van der Waals surface area contributed by atoms with Gasteiger partial charge >= 0.3 is 12.1 Å². The number of likely N-dealkylation sites (tertiary alicyclic amines) is 1. The normalized spacial score (nSPS) is 22.4. The Labute approximate surface area is 226 Å². The Kier molecular flexibility index (Phi) is 7.13. The molecule has 4 heterocycles. The molecule has 2 unspecified atom stereocenters. The quantitative estimate of drug-likeness (QED) is 0.593. The van der Waals surface area contributed by atoms with Gasteiger partial charge in [-0.1, -0.05) is 23.9 Å². The number of ether oxygens (including phenoxy) is 2. The van der Waals surface area contributed by atoms with Crippen molar-refractivity contribution in [3.8, 4) is 5.75 Å². The van der Waals surface area contributed by atoms with Gasteiger partial charge in [-0.2, -0.15) is 0 Å². The highest BCUT2D eigenvalue weighted by Gasteiger charge is 2.46. The molecule has 2 N–H and O–H groups in total. The van der Waals surface area contributed by atoms with E-state index in [0.29, 0.717) is 19.6 Å². The summed E-state index contributed by atoms with van der Waals surface area (Å²) in [5.74, 6) is 0.572. The maximum atomic E-state index is 13.5. The Morgan fingerprint density at radius 3 is 2.68 bits per heavy atom. The molecule has 1 aromatic heterocycles. The Balaban J connectivity index is 1.28. The van der Waals surface area contributed by atoms with Crippen molar-refractivity contribution in [3.63, 3.8) is 0 Å². The third kappa shape index (κ3) is 5.38. The van der Waals surface area contributed by atoms with Gasteiger partial charge in [0.2, 0.25) is 5.91 Å². The lowest BCUT2D eigenvalue weighted by atomic mass is 9.99. The van der Waals surface area contributed by atoms with E-state index in [4.69, 9.17) is 9.47 Å². The molecule has 3 atom stereocenters. The van der Waals surface area contributed by atoms with E-state index in [0.717, 1.165) is 40.4 Å². The molecule has 1 saturated heterocycles. The molecule has 0 aliphatic carbocycles. The van der Waals surface area contributed by atoms with Gasteiger partial charge in [0.25, 0.3) is 0 Å². The molecule has 1 fully saturated rings. The number of amides is 4. The van der Waals surface area contributed by atoms with Crippen LogP contribution in [0.3, 0.4) is 0 Å². The van der Waals surface area contributed by atoms with Gasteiger partial charge in [0, 0.05) is 30.9 Å². The number of aromatic nitrogens is 1. The topological polar surface area (TPSA) is 113 Å². The summed E-state index contributed by atoms with van der Waals surface area (Å²) in [6.45, 7) is 6.87. The van der Waals surface area contributed by atoms with Gasteiger partial charge in [-0.25, -0.2) is 14.6 Å². The molecule has 0 bridgehead atoms. The zero-order chi connectivity index (χ0) is 27.0. The molecule has 2 aromatic rings. The zero-order valence-electron chi connectivity index (χ0n) is 22.0. The number of hydrogen-bond donors (Lipinski definition) is 2. The van der Waals surface area contributed by atoms with E-state index in [1.54, 1.807) is 23.1 Å². The third-order valence-electron chi connectivity index (χ3n) is 6.78.